The van der Waals surface area contributed by atoms with Gasteiger partial charge in [-0.2, -0.15) is 0 Å². The molecule has 13 heavy (non-hydrogen) atoms. The van der Waals surface area contributed by atoms with Crippen molar-refractivity contribution in [2.24, 2.45) is 0 Å². The summed E-state index contributed by atoms with van der Waals surface area (Å²) in [6.07, 6.45) is 0.524. The fraction of sp³-hybridized carbons (Fsp3) is 0.625. The maximum absolute atomic E-state index is 10.8. The Morgan fingerprint density at radius 1 is 1.69 bits per heavy atom. The third kappa shape index (κ3) is 1.47. The average molecular weight is 186 g/mol. The minimum Gasteiger partial charge on any atom is -0.491 e. The van der Waals surface area contributed by atoms with Crippen LogP contribution in [0, 0.1) is 0 Å². The van der Waals surface area contributed by atoms with Crippen molar-refractivity contribution in [3.8, 4) is 0 Å². The first kappa shape index (κ1) is 8.37. The van der Waals surface area contributed by atoms with Crippen LogP contribution < -0.4 is 0 Å². The Morgan fingerprint density at radius 2 is 2.54 bits per heavy atom. The van der Waals surface area contributed by atoms with E-state index < -0.39 is 6.16 Å². The van der Waals surface area contributed by atoms with Gasteiger partial charge in [0.15, 0.2) is 12.2 Å². The number of hydrogen-bond acceptors (Lipinski definition) is 5. The highest BCUT2D eigenvalue weighted by molar-refractivity contribution is 5.60. The Labute approximate surface area is 75.2 Å². The molecule has 2 heterocycles. The summed E-state index contributed by atoms with van der Waals surface area (Å²) in [4.78, 5) is 10.8. The van der Waals surface area contributed by atoms with E-state index >= 15 is 0 Å². The second-order valence-corrected chi connectivity index (χ2v) is 2.78. The second kappa shape index (κ2) is 3.26. The van der Waals surface area contributed by atoms with Crippen LogP contribution in [0.1, 0.15) is 0 Å². The van der Waals surface area contributed by atoms with Crippen molar-refractivity contribution >= 4 is 6.16 Å². The predicted molar refractivity (Wildman–Crippen MR) is 41.1 cm³/mol. The topological polar surface area (TPSA) is 54.0 Å². The Bertz CT molecular complexity index is 247. The van der Waals surface area contributed by atoms with Gasteiger partial charge in [-0.25, -0.2) is 4.79 Å². The first-order valence-electron chi connectivity index (χ1n) is 4.00. The molecular weight excluding hydrogens is 176 g/mol. The molecule has 0 aromatic heterocycles. The van der Waals surface area contributed by atoms with Gasteiger partial charge in [-0.15, -0.1) is 0 Å². The Balaban J connectivity index is 1.95. The number of hydrogen-bond donors (Lipinski definition) is 0. The SMILES string of the molecule is COC(=O)OC1COC2=CCOC21. The lowest BCUT2D eigenvalue weighted by Crippen LogP contribution is -2.29. The predicted octanol–water partition coefficient (Wildman–Crippen LogP) is 0.451. The molecule has 72 valence electrons. The molecule has 0 N–H and O–H groups in total. The van der Waals surface area contributed by atoms with Gasteiger partial charge < -0.3 is 18.9 Å². The fourth-order valence-electron chi connectivity index (χ4n) is 1.40. The van der Waals surface area contributed by atoms with Crippen LogP contribution in [0.4, 0.5) is 4.79 Å². The first-order valence-corrected chi connectivity index (χ1v) is 4.00. The van der Waals surface area contributed by atoms with Crippen LogP contribution in [-0.2, 0) is 18.9 Å². The zero-order valence-electron chi connectivity index (χ0n) is 7.19. The lowest BCUT2D eigenvalue weighted by atomic mass is 10.2. The fourth-order valence-corrected chi connectivity index (χ4v) is 1.40. The minimum absolute atomic E-state index is 0.237. The molecule has 2 atom stereocenters. The van der Waals surface area contributed by atoms with Gasteiger partial charge in [0.1, 0.15) is 12.4 Å². The van der Waals surface area contributed by atoms with Gasteiger partial charge in [-0.1, -0.05) is 0 Å². The molecule has 5 heteroatoms. The van der Waals surface area contributed by atoms with E-state index in [-0.39, 0.29) is 12.2 Å². The number of ether oxygens (including phenoxy) is 4. The van der Waals surface area contributed by atoms with Crippen molar-refractivity contribution in [3.63, 3.8) is 0 Å². The largest absolute Gasteiger partial charge is 0.508 e. The highest BCUT2D eigenvalue weighted by atomic mass is 16.7. The summed E-state index contributed by atoms with van der Waals surface area (Å²) in [6.45, 7) is 0.854. The molecule has 0 aliphatic carbocycles. The molecule has 0 aromatic rings. The molecule has 0 spiro atoms. The highest BCUT2D eigenvalue weighted by Gasteiger charge is 2.40. The molecule has 0 aromatic carbocycles. The smallest absolute Gasteiger partial charge is 0.491 e. The summed E-state index contributed by atoms with van der Waals surface area (Å²) in [5.41, 5.74) is 0. The van der Waals surface area contributed by atoms with Gasteiger partial charge >= 0.3 is 6.16 Å². The van der Waals surface area contributed by atoms with E-state index in [0.717, 1.165) is 5.76 Å². The molecule has 2 unspecified atom stereocenters. The van der Waals surface area contributed by atoms with Crippen LogP contribution in [-0.4, -0.2) is 38.7 Å². The number of methoxy groups -OCH3 is 1. The standard InChI is InChI=1S/C8H10O5/c1-10-8(9)13-6-4-12-5-2-3-11-7(5)6/h2,6-7H,3-4H2,1H3. The van der Waals surface area contributed by atoms with Gasteiger partial charge in [-0.05, 0) is 6.08 Å². The monoisotopic (exact) mass is 186 g/mol. The van der Waals surface area contributed by atoms with E-state index in [1.54, 1.807) is 0 Å². The van der Waals surface area contributed by atoms with Crippen molar-refractivity contribution in [2.45, 2.75) is 12.2 Å². The number of carbonyl (C=O) groups excluding carboxylic acids is 1. The van der Waals surface area contributed by atoms with Crippen LogP contribution >= 0.6 is 0 Å². The van der Waals surface area contributed by atoms with E-state index in [4.69, 9.17) is 14.2 Å². The zero-order chi connectivity index (χ0) is 9.26. The summed E-state index contributed by atoms with van der Waals surface area (Å²) < 4.78 is 19.8. The van der Waals surface area contributed by atoms with E-state index in [9.17, 15) is 4.79 Å². The molecule has 0 radical (unpaired) electrons. The Hall–Kier alpha value is -1.23. The van der Waals surface area contributed by atoms with Crippen molar-refractivity contribution in [1.82, 2.24) is 0 Å². The van der Waals surface area contributed by atoms with Gasteiger partial charge in [0.2, 0.25) is 0 Å². The van der Waals surface area contributed by atoms with E-state index in [1.807, 2.05) is 6.08 Å². The van der Waals surface area contributed by atoms with Crippen molar-refractivity contribution in [1.29, 1.82) is 0 Å². The van der Waals surface area contributed by atoms with Gasteiger partial charge in [0, 0.05) is 0 Å². The highest BCUT2D eigenvalue weighted by Crippen LogP contribution is 2.27. The van der Waals surface area contributed by atoms with E-state index in [1.165, 1.54) is 7.11 Å². The van der Waals surface area contributed by atoms with Crippen LogP contribution in [0.2, 0.25) is 0 Å². The molecule has 5 nitrogen and oxygen atoms in total. The third-order valence-electron chi connectivity index (χ3n) is 2.01. The Morgan fingerprint density at radius 3 is 3.31 bits per heavy atom. The summed E-state index contributed by atoms with van der Waals surface area (Å²) in [5, 5.41) is 0. The van der Waals surface area contributed by atoms with Crippen molar-refractivity contribution in [3.05, 3.63) is 11.8 Å². The summed E-state index contributed by atoms with van der Waals surface area (Å²) in [5.74, 6) is 0.758. The van der Waals surface area contributed by atoms with E-state index in [0.29, 0.717) is 13.2 Å². The lowest BCUT2D eigenvalue weighted by Gasteiger charge is -2.13. The molecule has 0 saturated carbocycles. The van der Waals surface area contributed by atoms with Crippen LogP contribution in [0.15, 0.2) is 11.8 Å². The average Bonchev–Trinajstić information content (AvgIpc) is 2.69. The second-order valence-electron chi connectivity index (χ2n) is 2.78. The lowest BCUT2D eigenvalue weighted by molar-refractivity contribution is -0.0179. The quantitative estimate of drug-likeness (QED) is 0.556. The van der Waals surface area contributed by atoms with Gasteiger partial charge in [-0.3, -0.25) is 0 Å². The summed E-state index contributed by atoms with van der Waals surface area (Å²) in [7, 11) is 1.27. The van der Waals surface area contributed by atoms with Crippen molar-refractivity contribution < 1.29 is 23.7 Å². The van der Waals surface area contributed by atoms with Crippen LogP contribution in [0.25, 0.3) is 0 Å². The summed E-state index contributed by atoms with van der Waals surface area (Å²) in [6, 6.07) is 0. The maximum Gasteiger partial charge on any atom is 0.508 e. The minimum atomic E-state index is -0.703. The van der Waals surface area contributed by atoms with Gasteiger partial charge in [0.25, 0.3) is 0 Å². The van der Waals surface area contributed by atoms with Crippen LogP contribution in [0.3, 0.4) is 0 Å². The van der Waals surface area contributed by atoms with E-state index in [2.05, 4.69) is 4.74 Å². The molecular formula is C8H10O5. The zero-order valence-corrected chi connectivity index (χ0v) is 7.19. The first-order chi connectivity index (χ1) is 6.31. The molecule has 2 aliphatic heterocycles. The molecule has 2 aliphatic rings. The van der Waals surface area contributed by atoms with Crippen molar-refractivity contribution in [2.75, 3.05) is 20.3 Å². The number of rotatable bonds is 1. The molecule has 1 fully saturated rings. The maximum atomic E-state index is 10.8. The van der Waals surface area contributed by atoms with Crippen LogP contribution in [0.5, 0.6) is 0 Å². The Kier molecular flexibility index (Phi) is 2.10. The molecule has 2 rings (SSSR count). The number of fused-ring (bicyclic) bond motifs is 1. The third-order valence-corrected chi connectivity index (χ3v) is 2.01. The molecule has 0 bridgehead atoms. The molecule has 1 saturated heterocycles. The number of carbonyl (C=O) groups is 1. The summed E-state index contributed by atoms with van der Waals surface area (Å²) >= 11 is 0. The molecule has 0 amide bonds. The van der Waals surface area contributed by atoms with Gasteiger partial charge in [0.05, 0.1) is 13.7 Å². The normalized spacial score (nSPS) is 30.4.